The van der Waals surface area contributed by atoms with Gasteiger partial charge in [-0.15, -0.1) is 12.3 Å². The van der Waals surface area contributed by atoms with Gasteiger partial charge in [0, 0.05) is 12.3 Å². The van der Waals surface area contributed by atoms with E-state index in [2.05, 4.69) is 122 Å². The van der Waals surface area contributed by atoms with Crippen LogP contribution < -0.4 is 0 Å². The molecular weight excluding hydrogens is 492 g/mol. The van der Waals surface area contributed by atoms with E-state index in [0.717, 1.165) is 43.6 Å². The van der Waals surface area contributed by atoms with E-state index in [9.17, 15) is 0 Å². The smallest absolute Gasteiger partial charge is 0.0240 e. The van der Waals surface area contributed by atoms with Gasteiger partial charge in [-0.2, -0.15) is 0 Å². The molecule has 2 aromatic carbocycles. The molecule has 2 aromatic rings. The molecule has 1 fully saturated rings. The summed E-state index contributed by atoms with van der Waals surface area (Å²) < 4.78 is 0. The van der Waals surface area contributed by atoms with Gasteiger partial charge in [-0.1, -0.05) is 122 Å². The van der Waals surface area contributed by atoms with Gasteiger partial charge in [0.15, 0.2) is 0 Å². The molecule has 4 rings (SSSR count). The van der Waals surface area contributed by atoms with Crippen molar-refractivity contribution >= 4 is 11.1 Å². The second kappa shape index (κ2) is 12.4. The lowest BCUT2D eigenvalue weighted by Crippen LogP contribution is -2.13. The fourth-order valence-corrected chi connectivity index (χ4v) is 6.32. The molecule has 1 saturated carbocycles. The van der Waals surface area contributed by atoms with Crippen LogP contribution in [-0.2, 0) is 12.8 Å². The minimum Gasteiger partial charge on any atom is -0.120 e. The van der Waals surface area contributed by atoms with E-state index in [0.29, 0.717) is 11.8 Å². The molecule has 0 aromatic heterocycles. The molecule has 0 saturated heterocycles. The summed E-state index contributed by atoms with van der Waals surface area (Å²) in [6.45, 7) is 25.3. The SMILES string of the molecule is C#CCCC(=C)c1ccc(C2C=C(C3CC3)C=C2[C@H](C)CC(=C)c2cc(CC(C)(C)C)cc(CC(C)(C)C)c2)cc1. The number of allylic oxidation sites excluding steroid dienone is 6. The Bertz CT molecular complexity index is 1330. The van der Waals surface area contributed by atoms with E-state index in [1.54, 1.807) is 5.57 Å². The van der Waals surface area contributed by atoms with Gasteiger partial charge in [0.05, 0.1) is 0 Å². The quantitative estimate of drug-likeness (QED) is 0.247. The lowest BCUT2D eigenvalue weighted by Gasteiger charge is -2.24. The molecule has 0 spiro atoms. The van der Waals surface area contributed by atoms with Crippen LogP contribution in [0.3, 0.4) is 0 Å². The van der Waals surface area contributed by atoms with Crippen molar-refractivity contribution in [2.75, 3.05) is 0 Å². The summed E-state index contributed by atoms with van der Waals surface area (Å²) in [6.07, 6.45) is 17.9. The standard InChI is InChI=1S/C41H52/c1-11-12-13-28(2)33-14-18-35(19-15-33)39-25-37(34-16-17-34)24-38(39)30(4)20-29(3)36-22-31(26-40(5,6)7)21-32(23-36)27-41(8,9)10/h1,14-15,18-19,21-25,30,34,39H,2-3,12-13,16-17,20,26-27H2,4-10H3/t30-,39?/m1/s1. The third-order valence-corrected chi connectivity index (χ3v) is 8.40. The normalized spacial score (nSPS) is 18.0. The maximum Gasteiger partial charge on any atom is 0.0240 e. The lowest BCUT2D eigenvalue weighted by atomic mass is 9.80. The lowest BCUT2D eigenvalue weighted by molar-refractivity contribution is 0.405. The molecule has 216 valence electrons. The molecule has 0 heterocycles. The van der Waals surface area contributed by atoms with E-state index in [1.165, 1.54) is 51.8 Å². The number of rotatable bonds is 11. The molecule has 2 atom stereocenters. The van der Waals surface area contributed by atoms with Crippen molar-refractivity contribution in [1.82, 2.24) is 0 Å². The van der Waals surface area contributed by atoms with Crippen LogP contribution in [0.25, 0.3) is 11.1 Å². The van der Waals surface area contributed by atoms with Crippen molar-refractivity contribution in [1.29, 1.82) is 0 Å². The fourth-order valence-electron chi connectivity index (χ4n) is 6.32. The Morgan fingerprint density at radius 1 is 0.878 bits per heavy atom. The van der Waals surface area contributed by atoms with Gasteiger partial charge < -0.3 is 0 Å². The number of terminal acetylenes is 1. The number of hydrogen-bond acceptors (Lipinski definition) is 0. The molecule has 41 heavy (non-hydrogen) atoms. The van der Waals surface area contributed by atoms with Crippen molar-refractivity contribution in [3.63, 3.8) is 0 Å². The van der Waals surface area contributed by atoms with Gasteiger partial charge in [-0.3, -0.25) is 0 Å². The van der Waals surface area contributed by atoms with Crippen molar-refractivity contribution in [2.45, 2.75) is 99.3 Å². The first-order chi connectivity index (χ1) is 19.2. The summed E-state index contributed by atoms with van der Waals surface area (Å²) >= 11 is 0. The van der Waals surface area contributed by atoms with E-state index >= 15 is 0 Å². The average molecular weight is 545 g/mol. The first-order valence-electron chi connectivity index (χ1n) is 15.7. The highest BCUT2D eigenvalue weighted by atomic mass is 14.4. The molecule has 0 heteroatoms. The molecule has 2 aliphatic rings. The molecule has 0 amide bonds. The fraction of sp³-hybridized carbons (Fsp3) is 0.463. The predicted octanol–water partition coefficient (Wildman–Crippen LogP) is 11.4. The highest BCUT2D eigenvalue weighted by Gasteiger charge is 2.32. The average Bonchev–Trinajstić information content (AvgIpc) is 3.63. The van der Waals surface area contributed by atoms with Gasteiger partial charge >= 0.3 is 0 Å². The maximum absolute atomic E-state index is 5.47. The Balaban J connectivity index is 1.56. The van der Waals surface area contributed by atoms with Crippen molar-refractivity contribution in [3.8, 4) is 12.3 Å². The second-order valence-electron chi connectivity index (χ2n) is 15.2. The van der Waals surface area contributed by atoms with Crippen LogP contribution in [-0.4, -0.2) is 0 Å². The number of benzene rings is 2. The zero-order valence-electron chi connectivity index (χ0n) is 26.9. The summed E-state index contributed by atoms with van der Waals surface area (Å²) in [5.74, 6) is 4.24. The molecular formula is C41H52. The van der Waals surface area contributed by atoms with E-state index in [4.69, 9.17) is 6.42 Å². The first kappa shape index (κ1) is 30.9. The van der Waals surface area contributed by atoms with Gasteiger partial charge in [0.2, 0.25) is 0 Å². The van der Waals surface area contributed by atoms with E-state index in [-0.39, 0.29) is 10.8 Å². The van der Waals surface area contributed by atoms with Crippen LogP contribution in [0.2, 0.25) is 0 Å². The first-order valence-corrected chi connectivity index (χ1v) is 15.7. The van der Waals surface area contributed by atoms with Crippen LogP contribution in [0.4, 0.5) is 0 Å². The summed E-state index contributed by atoms with van der Waals surface area (Å²) in [7, 11) is 0. The number of hydrogen-bond donors (Lipinski definition) is 0. The minimum absolute atomic E-state index is 0.252. The second-order valence-corrected chi connectivity index (χ2v) is 15.2. The molecule has 0 radical (unpaired) electrons. The third-order valence-electron chi connectivity index (χ3n) is 8.40. The van der Waals surface area contributed by atoms with E-state index < -0.39 is 0 Å². The van der Waals surface area contributed by atoms with Crippen molar-refractivity contribution in [3.05, 3.63) is 107 Å². The molecule has 0 nitrogen and oxygen atoms in total. The van der Waals surface area contributed by atoms with Gasteiger partial charge in [-0.05, 0) is 106 Å². The van der Waals surface area contributed by atoms with Gasteiger partial charge in [0.1, 0.15) is 0 Å². The van der Waals surface area contributed by atoms with Crippen LogP contribution in [0, 0.1) is 35.0 Å². The summed E-state index contributed by atoms with van der Waals surface area (Å²) in [5, 5.41) is 0. The van der Waals surface area contributed by atoms with Crippen LogP contribution in [0.15, 0.2) is 78.9 Å². The van der Waals surface area contributed by atoms with Crippen LogP contribution in [0.1, 0.15) is 114 Å². The molecule has 0 aliphatic heterocycles. The summed E-state index contributed by atoms with van der Waals surface area (Å²) in [6, 6.07) is 16.3. The van der Waals surface area contributed by atoms with Crippen LogP contribution in [0.5, 0.6) is 0 Å². The Hall–Kier alpha value is -3.04. The van der Waals surface area contributed by atoms with Gasteiger partial charge in [-0.25, -0.2) is 0 Å². The highest BCUT2D eigenvalue weighted by molar-refractivity contribution is 5.66. The monoisotopic (exact) mass is 544 g/mol. The minimum atomic E-state index is 0.252. The predicted molar refractivity (Wildman–Crippen MR) is 181 cm³/mol. The summed E-state index contributed by atoms with van der Waals surface area (Å²) in [4.78, 5) is 0. The molecule has 0 N–H and O–H groups in total. The van der Waals surface area contributed by atoms with E-state index in [1.807, 2.05) is 0 Å². The molecule has 0 bridgehead atoms. The Kier molecular flexibility index (Phi) is 9.39. The Morgan fingerprint density at radius 2 is 1.46 bits per heavy atom. The Labute approximate surface area is 251 Å². The topological polar surface area (TPSA) is 0 Å². The van der Waals surface area contributed by atoms with Crippen LogP contribution >= 0.6 is 0 Å². The van der Waals surface area contributed by atoms with Crippen molar-refractivity contribution < 1.29 is 0 Å². The molecule has 2 aliphatic carbocycles. The van der Waals surface area contributed by atoms with Gasteiger partial charge in [0.25, 0.3) is 0 Å². The van der Waals surface area contributed by atoms with Crippen molar-refractivity contribution in [2.24, 2.45) is 22.7 Å². The largest absolute Gasteiger partial charge is 0.120 e. The Morgan fingerprint density at radius 3 is 1.98 bits per heavy atom. The zero-order valence-corrected chi connectivity index (χ0v) is 26.9. The summed E-state index contributed by atoms with van der Waals surface area (Å²) in [5.41, 5.74) is 12.7. The maximum atomic E-state index is 5.47. The highest BCUT2D eigenvalue weighted by Crippen LogP contribution is 2.47. The zero-order chi connectivity index (χ0) is 29.9. The molecule has 1 unspecified atom stereocenters. The third kappa shape index (κ3) is 8.72.